The Morgan fingerprint density at radius 3 is 2.49 bits per heavy atom. The van der Waals surface area contributed by atoms with Crippen LogP contribution < -0.4 is 4.74 Å². The lowest BCUT2D eigenvalue weighted by Crippen LogP contribution is -2.11. The summed E-state index contributed by atoms with van der Waals surface area (Å²) in [4.78, 5) is 18.0. The Hall–Kier alpha value is -4.12. The lowest BCUT2D eigenvalue weighted by Gasteiger charge is -2.11. The molecule has 0 amide bonds. The molecule has 0 aliphatic carbocycles. The molecule has 0 saturated carbocycles. The molecule has 0 aliphatic rings. The second kappa shape index (κ2) is 10.9. The minimum Gasteiger partial charge on any atom is -0.497 e. The number of hydrogen-bond donors (Lipinski definition) is 0. The molecule has 37 heavy (non-hydrogen) atoms. The average Bonchev–Trinajstić information content (AvgIpc) is 3.27. The van der Waals surface area contributed by atoms with E-state index in [2.05, 4.69) is 11.5 Å². The lowest BCUT2D eigenvalue weighted by molar-refractivity contribution is -0.137. The number of imidazole rings is 1. The van der Waals surface area contributed by atoms with Crippen molar-refractivity contribution in [1.82, 2.24) is 9.55 Å². The van der Waals surface area contributed by atoms with Crippen LogP contribution in [0.5, 0.6) is 5.75 Å². The Morgan fingerprint density at radius 1 is 1.03 bits per heavy atom. The molecule has 0 unspecified atom stereocenters. The Morgan fingerprint density at radius 2 is 1.78 bits per heavy atom. The quantitative estimate of drug-likeness (QED) is 0.175. The number of halogens is 3. The molecule has 0 spiro atoms. The lowest BCUT2D eigenvalue weighted by atomic mass is 9.98. The van der Waals surface area contributed by atoms with Crippen molar-refractivity contribution < 1.29 is 22.7 Å². The predicted molar refractivity (Wildman–Crippen MR) is 135 cm³/mol. The van der Waals surface area contributed by atoms with Gasteiger partial charge in [0.25, 0.3) is 0 Å². The summed E-state index contributed by atoms with van der Waals surface area (Å²) in [7, 11) is 1.60. The maximum Gasteiger partial charge on any atom is 0.417 e. The van der Waals surface area contributed by atoms with Gasteiger partial charge >= 0.3 is 6.18 Å². The Bertz CT molecular complexity index is 1480. The van der Waals surface area contributed by atoms with E-state index >= 15 is 0 Å². The molecule has 0 aliphatic heterocycles. The number of carbonyl (C=O) groups is 1. The minimum absolute atomic E-state index is 0.141. The number of ether oxygens (including phenoxy) is 1. The van der Waals surface area contributed by atoms with Crippen molar-refractivity contribution >= 4 is 16.8 Å². The molecule has 0 N–H and O–H groups in total. The molecule has 5 nitrogen and oxygen atoms in total. The van der Waals surface area contributed by atoms with Gasteiger partial charge in [0.05, 0.1) is 35.3 Å². The van der Waals surface area contributed by atoms with E-state index < -0.39 is 23.1 Å². The molecule has 4 aromatic rings. The van der Waals surface area contributed by atoms with Crippen LogP contribution in [0.2, 0.25) is 0 Å². The number of ketones is 1. The monoisotopic (exact) mass is 505 g/mol. The van der Waals surface area contributed by atoms with Gasteiger partial charge in [0.15, 0.2) is 5.78 Å². The number of hydrogen-bond acceptors (Lipinski definition) is 4. The SMILES string of the molecule is CCCCCCn1c(-c2cccc(OC)c2)nc2cc(C(=O)c3ccc(C#N)c(C(F)(F)F)c3)ccc21. The van der Waals surface area contributed by atoms with Gasteiger partial charge in [0.2, 0.25) is 0 Å². The normalized spacial score (nSPS) is 11.5. The molecule has 1 heterocycles. The first-order chi connectivity index (χ1) is 17.8. The first kappa shape index (κ1) is 26.0. The molecule has 190 valence electrons. The van der Waals surface area contributed by atoms with E-state index in [1.54, 1.807) is 25.3 Å². The van der Waals surface area contributed by atoms with Crippen molar-refractivity contribution in [3.8, 4) is 23.2 Å². The highest BCUT2D eigenvalue weighted by Gasteiger charge is 2.34. The number of alkyl halides is 3. The van der Waals surface area contributed by atoms with E-state index in [1.807, 2.05) is 24.3 Å². The second-order valence-electron chi connectivity index (χ2n) is 8.78. The van der Waals surface area contributed by atoms with Crippen LogP contribution in [-0.2, 0) is 12.7 Å². The average molecular weight is 506 g/mol. The zero-order valence-electron chi connectivity index (χ0n) is 20.6. The maximum absolute atomic E-state index is 13.4. The number of benzene rings is 3. The van der Waals surface area contributed by atoms with Gasteiger partial charge in [-0.2, -0.15) is 18.4 Å². The summed E-state index contributed by atoms with van der Waals surface area (Å²) in [6, 6.07) is 17.1. The largest absolute Gasteiger partial charge is 0.497 e. The van der Waals surface area contributed by atoms with Crippen LogP contribution in [0.15, 0.2) is 60.7 Å². The third kappa shape index (κ3) is 5.51. The van der Waals surface area contributed by atoms with Crippen LogP contribution >= 0.6 is 0 Å². The van der Waals surface area contributed by atoms with Crippen molar-refractivity contribution in [2.45, 2.75) is 45.3 Å². The molecule has 0 atom stereocenters. The van der Waals surface area contributed by atoms with Gasteiger partial charge in [-0.15, -0.1) is 0 Å². The van der Waals surface area contributed by atoms with Crippen LogP contribution in [0.1, 0.15) is 59.7 Å². The maximum atomic E-state index is 13.4. The number of aromatic nitrogens is 2. The van der Waals surface area contributed by atoms with E-state index in [1.165, 1.54) is 12.1 Å². The van der Waals surface area contributed by atoms with Gasteiger partial charge in [-0.05, 0) is 55.0 Å². The van der Waals surface area contributed by atoms with Gasteiger partial charge in [-0.3, -0.25) is 4.79 Å². The highest BCUT2D eigenvalue weighted by atomic mass is 19.4. The molecule has 8 heteroatoms. The Labute approximate surface area is 213 Å². The van der Waals surface area contributed by atoms with Crippen LogP contribution in [0, 0.1) is 11.3 Å². The fraction of sp³-hybridized carbons (Fsp3) is 0.276. The number of rotatable bonds is 9. The van der Waals surface area contributed by atoms with E-state index in [0.717, 1.165) is 61.3 Å². The summed E-state index contributed by atoms with van der Waals surface area (Å²) in [6.07, 6.45) is -0.463. The standard InChI is InChI=1S/C29H26F3N3O2/c1-3-4-5-6-14-35-26-13-12-20(17-25(26)34-28(35)21-8-7-9-23(15-21)37-2)27(36)19-10-11-22(18-33)24(16-19)29(30,31)32/h7-13,15-17H,3-6,14H2,1-2H3. The molecule has 0 bridgehead atoms. The van der Waals surface area contributed by atoms with E-state index in [4.69, 9.17) is 15.0 Å². The number of fused-ring (bicyclic) bond motifs is 1. The fourth-order valence-electron chi connectivity index (χ4n) is 4.36. The number of nitrogens with zero attached hydrogens (tertiary/aromatic N) is 3. The Kier molecular flexibility index (Phi) is 7.63. The van der Waals surface area contributed by atoms with E-state index in [0.29, 0.717) is 11.3 Å². The minimum atomic E-state index is -4.74. The van der Waals surface area contributed by atoms with Crippen LogP contribution in [0.3, 0.4) is 0 Å². The van der Waals surface area contributed by atoms with Crippen molar-refractivity contribution in [3.05, 3.63) is 82.9 Å². The highest BCUT2D eigenvalue weighted by Crippen LogP contribution is 2.33. The van der Waals surface area contributed by atoms with Gasteiger partial charge in [0.1, 0.15) is 11.6 Å². The van der Waals surface area contributed by atoms with Crippen molar-refractivity contribution in [3.63, 3.8) is 0 Å². The highest BCUT2D eigenvalue weighted by molar-refractivity contribution is 6.10. The van der Waals surface area contributed by atoms with Gasteiger partial charge < -0.3 is 9.30 Å². The van der Waals surface area contributed by atoms with Gasteiger partial charge in [-0.1, -0.05) is 38.3 Å². The predicted octanol–water partition coefficient (Wildman–Crippen LogP) is 7.41. The number of methoxy groups -OCH3 is 1. The summed E-state index contributed by atoms with van der Waals surface area (Å²) in [5, 5.41) is 9.04. The first-order valence-corrected chi connectivity index (χ1v) is 12.1. The topological polar surface area (TPSA) is 67.9 Å². The molecule has 0 fully saturated rings. The molecule has 1 aromatic heterocycles. The van der Waals surface area contributed by atoms with Crippen LogP contribution in [0.4, 0.5) is 13.2 Å². The smallest absolute Gasteiger partial charge is 0.417 e. The number of carbonyl (C=O) groups excluding carboxylic acids is 1. The number of aryl methyl sites for hydroxylation is 1. The summed E-state index contributed by atoms with van der Waals surface area (Å²) in [5.41, 5.74) is 0.699. The molecular weight excluding hydrogens is 479 g/mol. The third-order valence-electron chi connectivity index (χ3n) is 6.28. The third-order valence-corrected chi connectivity index (χ3v) is 6.28. The summed E-state index contributed by atoms with van der Waals surface area (Å²) < 4.78 is 47.7. The van der Waals surface area contributed by atoms with Gasteiger partial charge in [-0.25, -0.2) is 4.98 Å². The van der Waals surface area contributed by atoms with Crippen molar-refractivity contribution in [1.29, 1.82) is 5.26 Å². The van der Waals surface area contributed by atoms with E-state index in [9.17, 15) is 18.0 Å². The number of unbranched alkanes of at least 4 members (excludes halogenated alkanes) is 3. The summed E-state index contributed by atoms with van der Waals surface area (Å²) in [5.74, 6) is 0.851. The molecule has 0 saturated heterocycles. The Balaban J connectivity index is 1.77. The van der Waals surface area contributed by atoms with Gasteiger partial charge in [0, 0.05) is 23.2 Å². The van der Waals surface area contributed by atoms with Crippen LogP contribution in [-0.4, -0.2) is 22.4 Å². The molecule has 3 aromatic carbocycles. The first-order valence-electron chi connectivity index (χ1n) is 12.1. The fourth-order valence-corrected chi connectivity index (χ4v) is 4.36. The zero-order chi connectivity index (χ0) is 26.6. The molecule has 0 radical (unpaired) electrons. The second-order valence-corrected chi connectivity index (χ2v) is 8.78. The van der Waals surface area contributed by atoms with Crippen molar-refractivity contribution in [2.24, 2.45) is 0 Å². The molecular formula is C29H26F3N3O2. The molecule has 4 rings (SSSR count). The zero-order valence-corrected chi connectivity index (χ0v) is 20.6. The summed E-state index contributed by atoms with van der Waals surface area (Å²) >= 11 is 0. The van der Waals surface area contributed by atoms with Crippen molar-refractivity contribution in [2.75, 3.05) is 7.11 Å². The van der Waals surface area contributed by atoms with Crippen LogP contribution in [0.25, 0.3) is 22.4 Å². The number of nitriles is 1. The van der Waals surface area contributed by atoms with E-state index in [-0.39, 0.29) is 11.1 Å². The summed E-state index contributed by atoms with van der Waals surface area (Å²) in [6.45, 7) is 2.89.